The Kier molecular flexibility index (Phi) is 3.51. The van der Waals surface area contributed by atoms with Gasteiger partial charge in [0.15, 0.2) is 5.78 Å². The Labute approximate surface area is 106 Å². The van der Waals surface area contributed by atoms with Crippen LogP contribution < -0.4 is 0 Å². The first-order valence-electron chi connectivity index (χ1n) is 4.85. The first kappa shape index (κ1) is 11.5. The lowest BCUT2D eigenvalue weighted by atomic mass is 10.1. The lowest BCUT2D eigenvalue weighted by Gasteiger charge is -1.97. The van der Waals surface area contributed by atoms with E-state index in [1.165, 1.54) is 11.3 Å². The van der Waals surface area contributed by atoms with Gasteiger partial charge in [-0.2, -0.15) is 0 Å². The molecule has 0 amide bonds. The van der Waals surface area contributed by atoms with Crippen LogP contribution in [-0.4, -0.2) is 10.8 Å². The molecule has 16 heavy (non-hydrogen) atoms. The summed E-state index contributed by atoms with van der Waals surface area (Å²) in [5.74, 6) is 0.157. The van der Waals surface area contributed by atoms with Crippen molar-refractivity contribution in [1.82, 2.24) is 4.98 Å². The summed E-state index contributed by atoms with van der Waals surface area (Å²) in [6, 6.07) is 5.67. The Hall–Kier alpha value is -1.00. The number of hydrogen-bond donors (Lipinski definition) is 0. The third-order valence-electron chi connectivity index (χ3n) is 2.25. The number of carbonyl (C=O) groups is 1. The van der Waals surface area contributed by atoms with E-state index >= 15 is 0 Å². The lowest BCUT2D eigenvalue weighted by Crippen LogP contribution is -2.00. The Bertz CT molecular complexity index is 487. The van der Waals surface area contributed by atoms with E-state index < -0.39 is 0 Å². The molecular weight excluding hydrogens is 286 g/mol. The zero-order chi connectivity index (χ0) is 11.5. The molecule has 2 rings (SSSR count). The summed E-state index contributed by atoms with van der Waals surface area (Å²) in [7, 11) is 0. The SMILES string of the molecule is Cc1cc(C(=O)Cc2ccncc2)sc1Br. The molecule has 0 saturated heterocycles. The predicted octanol–water partition coefficient (Wildman–Crippen LogP) is 3.64. The van der Waals surface area contributed by atoms with E-state index in [4.69, 9.17) is 0 Å². The molecule has 0 aliphatic heterocycles. The van der Waals surface area contributed by atoms with Crippen molar-refractivity contribution in [3.8, 4) is 0 Å². The van der Waals surface area contributed by atoms with Gasteiger partial charge in [-0.3, -0.25) is 9.78 Å². The van der Waals surface area contributed by atoms with Crippen LogP contribution in [-0.2, 0) is 6.42 Å². The van der Waals surface area contributed by atoms with Crippen LogP contribution in [0.2, 0.25) is 0 Å². The highest BCUT2D eigenvalue weighted by molar-refractivity contribution is 9.11. The van der Waals surface area contributed by atoms with Gasteiger partial charge in [-0.1, -0.05) is 0 Å². The van der Waals surface area contributed by atoms with Crippen LogP contribution in [0.15, 0.2) is 34.4 Å². The maximum Gasteiger partial charge on any atom is 0.177 e. The average Bonchev–Trinajstić information content (AvgIpc) is 2.61. The summed E-state index contributed by atoms with van der Waals surface area (Å²) in [6.07, 6.45) is 3.85. The fourth-order valence-electron chi connectivity index (χ4n) is 1.37. The number of ketones is 1. The monoisotopic (exact) mass is 295 g/mol. The van der Waals surface area contributed by atoms with E-state index in [1.54, 1.807) is 12.4 Å². The maximum absolute atomic E-state index is 11.9. The fraction of sp³-hybridized carbons (Fsp3) is 0.167. The van der Waals surface area contributed by atoms with Crippen LogP contribution in [0.25, 0.3) is 0 Å². The molecule has 0 aliphatic rings. The summed E-state index contributed by atoms with van der Waals surface area (Å²) >= 11 is 4.92. The second kappa shape index (κ2) is 4.89. The maximum atomic E-state index is 11.9. The van der Waals surface area contributed by atoms with Crippen molar-refractivity contribution >= 4 is 33.0 Å². The van der Waals surface area contributed by atoms with Crippen molar-refractivity contribution in [1.29, 1.82) is 0 Å². The topological polar surface area (TPSA) is 30.0 Å². The molecule has 0 aliphatic carbocycles. The van der Waals surface area contributed by atoms with Gasteiger partial charge >= 0.3 is 0 Å². The van der Waals surface area contributed by atoms with Gasteiger partial charge in [0.2, 0.25) is 0 Å². The van der Waals surface area contributed by atoms with Gasteiger partial charge in [0, 0.05) is 18.8 Å². The van der Waals surface area contributed by atoms with Crippen molar-refractivity contribution < 1.29 is 4.79 Å². The van der Waals surface area contributed by atoms with Gasteiger partial charge in [-0.05, 0) is 52.2 Å². The number of rotatable bonds is 3. The molecule has 0 saturated carbocycles. The average molecular weight is 296 g/mol. The largest absolute Gasteiger partial charge is 0.293 e. The molecular formula is C12H10BrNOS. The molecule has 0 radical (unpaired) electrons. The van der Waals surface area contributed by atoms with Gasteiger partial charge in [0.05, 0.1) is 8.66 Å². The summed E-state index contributed by atoms with van der Waals surface area (Å²) in [5.41, 5.74) is 2.12. The number of thiophene rings is 1. The number of carbonyl (C=O) groups excluding carboxylic acids is 1. The molecule has 0 unspecified atom stereocenters. The zero-order valence-electron chi connectivity index (χ0n) is 8.74. The minimum absolute atomic E-state index is 0.157. The van der Waals surface area contributed by atoms with Crippen molar-refractivity contribution in [2.75, 3.05) is 0 Å². The Morgan fingerprint density at radius 1 is 1.44 bits per heavy atom. The van der Waals surface area contributed by atoms with Crippen LogP contribution in [0.4, 0.5) is 0 Å². The van der Waals surface area contributed by atoms with E-state index in [-0.39, 0.29) is 5.78 Å². The van der Waals surface area contributed by atoms with Crippen LogP contribution in [0.3, 0.4) is 0 Å². The molecule has 0 N–H and O–H groups in total. The van der Waals surface area contributed by atoms with E-state index in [2.05, 4.69) is 20.9 Å². The van der Waals surface area contributed by atoms with Crippen LogP contribution in [0.5, 0.6) is 0 Å². The van der Waals surface area contributed by atoms with E-state index in [0.717, 1.165) is 19.8 Å². The zero-order valence-corrected chi connectivity index (χ0v) is 11.1. The van der Waals surface area contributed by atoms with Crippen molar-refractivity contribution in [3.63, 3.8) is 0 Å². The second-order valence-corrected chi connectivity index (χ2v) is 5.89. The molecule has 2 aromatic heterocycles. The highest BCUT2D eigenvalue weighted by Crippen LogP contribution is 2.28. The number of nitrogens with zero attached hydrogens (tertiary/aromatic N) is 1. The van der Waals surface area contributed by atoms with Crippen LogP contribution in [0.1, 0.15) is 20.8 Å². The highest BCUT2D eigenvalue weighted by Gasteiger charge is 2.11. The summed E-state index contributed by atoms with van der Waals surface area (Å²) < 4.78 is 1.03. The third kappa shape index (κ3) is 2.57. The van der Waals surface area contributed by atoms with Gasteiger partial charge in [0.1, 0.15) is 0 Å². The molecule has 0 spiro atoms. The Morgan fingerprint density at radius 2 is 2.12 bits per heavy atom. The van der Waals surface area contributed by atoms with Gasteiger partial charge in [0.25, 0.3) is 0 Å². The number of pyridine rings is 1. The minimum Gasteiger partial charge on any atom is -0.293 e. The summed E-state index contributed by atoms with van der Waals surface area (Å²) in [4.78, 5) is 16.7. The third-order valence-corrected chi connectivity index (χ3v) is 4.42. The number of hydrogen-bond acceptors (Lipinski definition) is 3. The molecule has 0 aromatic carbocycles. The molecule has 0 bridgehead atoms. The summed E-state index contributed by atoms with van der Waals surface area (Å²) in [5, 5.41) is 0. The van der Waals surface area contributed by atoms with Gasteiger partial charge in [-0.15, -0.1) is 11.3 Å². The Balaban J connectivity index is 2.15. The number of halogens is 1. The first-order chi connectivity index (χ1) is 7.66. The van der Waals surface area contributed by atoms with Crippen LogP contribution in [0, 0.1) is 6.92 Å². The second-order valence-electron chi connectivity index (χ2n) is 3.52. The molecule has 4 heteroatoms. The smallest absolute Gasteiger partial charge is 0.177 e. The van der Waals surface area contributed by atoms with Crippen molar-refractivity contribution in [3.05, 3.63) is 50.4 Å². The van der Waals surface area contributed by atoms with E-state index in [9.17, 15) is 4.79 Å². The Morgan fingerprint density at radius 3 is 2.69 bits per heavy atom. The number of aryl methyl sites for hydroxylation is 1. The van der Waals surface area contributed by atoms with Gasteiger partial charge < -0.3 is 0 Å². The first-order valence-corrected chi connectivity index (χ1v) is 6.46. The normalized spacial score (nSPS) is 10.4. The van der Waals surface area contributed by atoms with E-state index in [0.29, 0.717) is 6.42 Å². The summed E-state index contributed by atoms with van der Waals surface area (Å²) in [6.45, 7) is 1.99. The van der Waals surface area contributed by atoms with E-state index in [1.807, 2.05) is 25.1 Å². The van der Waals surface area contributed by atoms with Crippen molar-refractivity contribution in [2.24, 2.45) is 0 Å². The molecule has 2 nitrogen and oxygen atoms in total. The highest BCUT2D eigenvalue weighted by atomic mass is 79.9. The molecule has 2 aromatic rings. The predicted molar refractivity (Wildman–Crippen MR) is 69.0 cm³/mol. The number of Topliss-reactive ketones (excluding diaryl/α,β-unsaturated/α-hetero) is 1. The minimum atomic E-state index is 0.157. The molecule has 2 heterocycles. The fourth-order valence-corrected chi connectivity index (χ4v) is 2.84. The van der Waals surface area contributed by atoms with Crippen molar-refractivity contribution in [2.45, 2.75) is 13.3 Å². The molecule has 0 atom stereocenters. The van der Waals surface area contributed by atoms with Gasteiger partial charge in [-0.25, -0.2) is 0 Å². The lowest BCUT2D eigenvalue weighted by molar-refractivity contribution is 0.0997. The molecule has 82 valence electrons. The van der Waals surface area contributed by atoms with Crippen LogP contribution >= 0.6 is 27.3 Å². The molecule has 0 fully saturated rings. The quantitative estimate of drug-likeness (QED) is 0.809. The number of aromatic nitrogens is 1. The standard InChI is InChI=1S/C12H10BrNOS/c1-8-6-11(16-12(8)13)10(15)7-9-2-4-14-5-3-9/h2-6H,7H2,1H3.